The monoisotopic (exact) mass is 334 g/mol. The van der Waals surface area contributed by atoms with Gasteiger partial charge in [0.25, 0.3) is 5.91 Å². The number of carbonyl (C=O) groups excluding carboxylic acids is 1. The molecule has 1 aliphatic rings. The summed E-state index contributed by atoms with van der Waals surface area (Å²) in [5, 5.41) is 11.5. The number of hydrogen-bond donors (Lipinski definition) is 1. The second kappa shape index (κ2) is 7.85. The summed E-state index contributed by atoms with van der Waals surface area (Å²) in [6.07, 6.45) is 4.47. The maximum Gasteiger partial charge on any atom is 0.265 e. The van der Waals surface area contributed by atoms with E-state index in [2.05, 4.69) is 23.5 Å². The fourth-order valence-corrected chi connectivity index (χ4v) is 3.08. The highest BCUT2D eigenvalue weighted by molar-refractivity contribution is 5.94. The first-order chi connectivity index (χ1) is 12.2. The molecular weight excluding hydrogens is 312 g/mol. The largest absolute Gasteiger partial charge is 0.481 e. The number of fused-ring (bicyclic) bond motifs is 1. The molecule has 25 heavy (non-hydrogen) atoms. The maximum absolute atomic E-state index is 12.3. The Kier molecular flexibility index (Phi) is 5.35. The summed E-state index contributed by atoms with van der Waals surface area (Å²) in [6.45, 7) is 1.75. The van der Waals surface area contributed by atoms with Crippen LogP contribution in [0, 0.1) is 11.3 Å². The van der Waals surface area contributed by atoms with Gasteiger partial charge in [-0.15, -0.1) is 0 Å². The zero-order valence-electron chi connectivity index (χ0n) is 14.4. The minimum absolute atomic E-state index is 0.189. The van der Waals surface area contributed by atoms with E-state index in [4.69, 9.17) is 10.00 Å². The standard InChI is InChI=1S/C21H22N2O2/c1-15(21(24)23-19-9-6-16(7-10-19)12-13-22)25-20-11-8-17-4-2-3-5-18(17)14-20/h6-11,14-15H,2-5,12H2,1H3,(H,23,24)/t15-/m0/s1. The molecule has 1 amide bonds. The molecule has 0 bridgehead atoms. The molecule has 0 radical (unpaired) electrons. The molecule has 0 fully saturated rings. The third-order valence-electron chi connectivity index (χ3n) is 4.51. The minimum atomic E-state index is -0.583. The van der Waals surface area contributed by atoms with Gasteiger partial charge in [0.1, 0.15) is 5.75 Å². The zero-order valence-corrected chi connectivity index (χ0v) is 14.4. The summed E-state index contributed by atoms with van der Waals surface area (Å²) < 4.78 is 5.82. The van der Waals surface area contributed by atoms with Crippen LogP contribution in [-0.4, -0.2) is 12.0 Å². The number of nitriles is 1. The number of rotatable bonds is 5. The molecule has 2 aromatic rings. The van der Waals surface area contributed by atoms with Crippen LogP contribution in [0.3, 0.4) is 0 Å². The van der Waals surface area contributed by atoms with E-state index in [1.54, 1.807) is 19.1 Å². The van der Waals surface area contributed by atoms with Gasteiger partial charge in [-0.3, -0.25) is 4.79 Å². The van der Waals surface area contributed by atoms with E-state index >= 15 is 0 Å². The first-order valence-corrected chi connectivity index (χ1v) is 8.71. The molecule has 128 valence electrons. The summed E-state index contributed by atoms with van der Waals surface area (Å²) in [7, 11) is 0. The second-order valence-electron chi connectivity index (χ2n) is 6.42. The van der Waals surface area contributed by atoms with Crippen LogP contribution in [0.4, 0.5) is 5.69 Å². The average Bonchev–Trinajstić information content (AvgIpc) is 2.63. The fourth-order valence-electron chi connectivity index (χ4n) is 3.08. The van der Waals surface area contributed by atoms with Crippen LogP contribution in [0.2, 0.25) is 0 Å². The molecule has 1 aliphatic carbocycles. The van der Waals surface area contributed by atoms with Gasteiger partial charge in [-0.05, 0) is 73.6 Å². The Labute approximate surface area is 148 Å². The molecule has 2 aromatic carbocycles. The molecule has 4 heteroatoms. The number of ether oxygens (including phenoxy) is 1. The maximum atomic E-state index is 12.3. The smallest absolute Gasteiger partial charge is 0.265 e. The molecule has 3 rings (SSSR count). The highest BCUT2D eigenvalue weighted by Gasteiger charge is 2.16. The minimum Gasteiger partial charge on any atom is -0.481 e. The Morgan fingerprint density at radius 2 is 1.88 bits per heavy atom. The van der Waals surface area contributed by atoms with Gasteiger partial charge in [0.15, 0.2) is 6.10 Å². The van der Waals surface area contributed by atoms with Crippen LogP contribution >= 0.6 is 0 Å². The molecule has 0 unspecified atom stereocenters. The van der Waals surface area contributed by atoms with Gasteiger partial charge in [0.05, 0.1) is 12.5 Å². The van der Waals surface area contributed by atoms with Crippen molar-refractivity contribution < 1.29 is 9.53 Å². The van der Waals surface area contributed by atoms with Crippen molar-refractivity contribution in [2.24, 2.45) is 0 Å². The van der Waals surface area contributed by atoms with E-state index < -0.39 is 6.10 Å². The van der Waals surface area contributed by atoms with E-state index in [-0.39, 0.29) is 5.91 Å². The van der Waals surface area contributed by atoms with Gasteiger partial charge < -0.3 is 10.1 Å². The highest BCUT2D eigenvalue weighted by Crippen LogP contribution is 2.26. The Balaban J connectivity index is 1.60. The van der Waals surface area contributed by atoms with Crippen molar-refractivity contribution in [3.63, 3.8) is 0 Å². The molecule has 0 aliphatic heterocycles. The average molecular weight is 334 g/mol. The molecular formula is C21H22N2O2. The van der Waals surface area contributed by atoms with Crippen molar-refractivity contribution in [2.45, 2.75) is 45.1 Å². The number of anilines is 1. The lowest BCUT2D eigenvalue weighted by atomic mass is 9.92. The summed E-state index contributed by atoms with van der Waals surface area (Å²) in [4.78, 5) is 12.3. The summed E-state index contributed by atoms with van der Waals surface area (Å²) in [6, 6.07) is 15.5. The molecule has 1 atom stereocenters. The van der Waals surface area contributed by atoms with E-state index in [1.807, 2.05) is 18.2 Å². The second-order valence-corrected chi connectivity index (χ2v) is 6.42. The first kappa shape index (κ1) is 17.0. The quantitative estimate of drug-likeness (QED) is 0.897. The molecule has 0 saturated carbocycles. The van der Waals surface area contributed by atoms with Crippen molar-refractivity contribution in [3.05, 3.63) is 59.2 Å². The van der Waals surface area contributed by atoms with Crippen molar-refractivity contribution in [3.8, 4) is 11.8 Å². The predicted molar refractivity (Wildman–Crippen MR) is 97.6 cm³/mol. The molecule has 0 spiro atoms. The predicted octanol–water partition coefficient (Wildman–Crippen LogP) is 4.04. The highest BCUT2D eigenvalue weighted by atomic mass is 16.5. The summed E-state index contributed by atoms with van der Waals surface area (Å²) in [5.74, 6) is 0.554. The third kappa shape index (κ3) is 4.39. The van der Waals surface area contributed by atoms with Crippen LogP contribution in [0.5, 0.6) is 5.75 Å². The molecule has 4 nitrogen and oxygen atoms in total. The molecule has 0 saturated heterocycles. The SMILES string of the molecule is C[C@H](Oc1ccc2c(c1)CCCC2)C(=O)Nc1ccc(CC#N)cc1. The normalized spacial score (nSPS) is 14.1. The lowest BCUT2D eigenvalue weighted by Crippen LogP contribution is -2.30. The Hall–Kier alpha value is -2.80. The van der Waals surface area contributed by atoms with E-state index in [9.17, 15) is 4.79 Å². The molecule has 0 aromatic heterocycles. The van der Waals surface area contributed by atoms with Crippen molar-refractivity contribution in [1.29, 1.82) is 5.26 Å². The number of nitrogens with zero attached hydrogens (tertiary/aromatic N) is 1. The van der Waals surface area contributed by atoms with Crippen LogP contribution in [0.1, 0.15) is 36.5 Å². The van der Waals surface area contributed by atoms with Gasteiger partial charge in [0, 0.05) is 5.69 Å². The fraction of sp³-hybridized carbons (Fsp3) is 0.333. The van der Waals surface area contributed by atoms with Crippen LogP contribution in [0.25, 0.3) is 0 Å². The number of benzene rings is 2. The topological polar surface area (TPSA) is 62.1 Å². The Morgan fingerprint density at radius 1 is 1.16 bits per heavy atom. The zero-order chi connectivity index (χ0) is 17.6. The number of amides is 1. The van der Waals surface area contributed by atoms with Gasteiger partial charge >= 0.3 is 0 Å². The van der Waals surface area contributed by atoms with Gasteiger partial charge in [-0.25, -0.2) is 0 Å². The Morgan fingerprint density at radius 3 is 2.60 bits per heavy atom. The van der Waals surface area contributed by atoms with E-state index in [1.165, 1.54) is 24.0 Å². The third-order valence-corrected chi connectivity index (χ3v) is 4.51. The Bertz CT molecular complexity index is 791. The molecule has 1 N–H and O–H groups in total. The number of nitrogens with one attached hydrogen (secondary N) is 1. The number of hydrogen-bond acceptors (Lipinski definition) is 3. The summed E-state index contributed by atoms with van der Waals surface area (Å²) in [5.41, 5.74) is 4.36. The number of aryl methyl sites for hydroxylation is 2. The van der Waals surface area contributed by atoms with Gasteiger partial charge in [-0.2, -0.15) is 5.26 Å². The molecule has 0 heterocycles. The lowest BCUT2D eigenvalue weighted by Gasteiger charge is -2.19. The van der Waals surface area contributed by atoms with Crippen LogP contribution < -0.4 is 10.1 Å². The van der Waals surface area contributed by atoms with Crippen molar-refractivity contribution >= 4 is 11.6 Å². The summed E-state index contributed by atoms with van der Waals surface area (Å²) >= 11 is 0. The van der Waals surface area contributed by atoms with Gasteiger partial charge in [-0.1, -0.05) is 18.2 Å². The van der Waals surface area contributed by atoms with E-state index in [0.29, 0.717) is 12.1 Å². The number of carbonyl (C=O) groups is 1. The van der Waals surface area contributed by atoms with Crippen LogP contribution in [0.15, 0.2) is 42.5 Å². The van der Waals surface area contributed by atoms with Crippen molar-refractivity contribution in [1.82, 2.24) is 0 Å². The lowest BCUT2D eigenvalue weighted by molar-refractivity contribution is -0.122. The van der Waals surface area contributed by atoms with E-state index in [0.717, 1.165) is 24.2 Å². The first-order valence-electron chi connectivity index (χ1n) is 8.71. The van der Waals surface area contributed by atoms with Gasteiger partial charge in [0.2, 0.25) is 0 Å². The van der Waals surface area contributed by atoms with Crippen molar-refractivity contribution in [2.75, 3.05) is 5.32 Å². The van der Waals surface area contributed by atoms with Crippen LogP contribution in [-0.2, 0) is 24.1 Å².